The Labute approximate surface area is 297 Å². The van der Waals surface area contributed by atoms with Crippen molar-refractivity contribution in [3.05, 3.63) is 200 Å². The molecule has 1 aromatic heterocycles. The van der Waals surface area contributed by atoms with Gasteiger partial charge in [0.25, 0.3) is 0 Å². The summed E-state index contributed by atoms with van der Waals surface area (Å²) in [5, 5.41) is 2.68. The minimum absolute atomic E-state index is 1.11. The van der Waals surface area contributed by atoms with Gasteiger partial charge in [0.2, 0.25) is 0 Å². The lowest BCUT2D eigenvalue weighted by molar-refractivity contribution is 1.28. The summed E-state index contributed by atoms with van der Waals surface area (Å²) in [6.45, 7) is 0. The van der Waals surface area contributed by atoms with Crippen molar-refractivity contribution >= 4 is 48.6 Å². The average Bonchev–Trinajstić information content (AvgIpc) is 3.59. The summed E-state index contributed by atoms with van der Waals surface area (Å²) < 4.78 is 2.66. The molecule has 236 valence electrons. The zero-order valence-electron chi connectivity index (χ0n) is 27.4. The third kappa shape index (κ3) is 5.66. The first-order chi connectivity index (χ1) is 24.8. The highest BCUT2D eigenvalue weighted by Gasteiger charge is 2.15. The molecule has 0 fully saturated rings. The minimum Gasteiger partial charge on any atom is -0.311 e. The van der Waals surface area contributed by atoms with Gasteiger partial charge in [-0.2, -0.15) is 0 Å². The van der Waals surface area contributed by atoms with E-state index in [1.165, 1.54) is 64.7 Å². The average molecular weight is 656 g/mol. The molecule has 0 aliphatic carbocycles. The van der Waals surface area contributed by atoms with Crippen molar-refractivity contribution < 1.29 is 0 Å². The van der Waals surface area contributed by atoms with E-state index in [-0.39, 0.29) is 0 Å². The fourth-order valence-corrected chi connectivity index (χ4v) is 8.11. The van der Waals surface area contributed by atoms with Crippen molar-refractivity contribution in [2.24, 2.45) is 0 Å². The summed E-state index contributed by atoms with van der Waals surface area (Å²) in [6.07, 6.45) is 0. The van der Waals surface area contributed by atoms with Gasteiger partial charge in [-0.15, -0.1) is 11.3 Å². The zero-order valence-corrected chi connectivity index (χ0v) is 28.2. The molecule has 0 aliphatic heterocycles. The molecule has 0 amide bonds. The number of hydrogen-bond donors (Lipinski definition) is 0. The zero-order chi connectivity index (χ0) is 33.3. The molecule has 0 saturated carbocycles. The summed E-state index contributed by atoms with van der Waals surface area (Å²) in [7, 11) is 0. The smallest absolute Gasteiger partial charge is 0.0462 e. The van der Waals surface area contributed by atoms with Crippen LogP contribution < -0.4 is 4.90 Å². The summed E-state index contributed by atoms with van der Waals surface area (Å²) in [5.41, 5.74) is 13.1. The summed E-state index contributed by atoms with van der Waals surface area (Å²) in [5.74, 6) is 0. The first-order valence-electron chi connectivity index (χ1n) is 17.0. The molecule has 0 bridgehead atoms. The monoisotopic (exact) mass is 655 g/mol. The molecule has 0 spiro atoms. The van der Waals surface area contributed by atoms with E-state index < -0.39 is 0 Å². The van der Waals surface area contributed by atoms with Crippen LogP contribution in [0.25, 0.3) is 64.7 Å². The second-order valence-corrected chi connectivity index (χ2v) is 13.6. The molecule has 2 heteroatoms. The fourth-order valence-electron chi connectivity index (χ4n) is 6.97. The molecule has 0 saturated heterocycles. The highest BCUT2D eigenvalue weighted by molar-refractivity contribution is 7.25. The molecule has 8 aromatic carbocycles. The number of benzene rings is 8. The molecule has 0 unspecified atom stereocenters. The van der Waals surface area contributed by atoms with Gasteiger partial charge >= 0.3 is 0 Å². The van der Waals surface area contributed by atoms with Crippen molar-refractivity contribution in [2.75, 3.05) is 4.90 Å². The van der Waals surface area contributed by atoms with Crippen molar-refractivity contribution in [3.8, 4) is 44.5 Å². The molecule has 0 radical (unpaired) electrons. The molecule has 9 rings (SSSR count). The lowest BCUT2D eigenvalue weighted by atomic mass is 9.97. The van der Waals surface area contributed by atoms with Gasteiger partial charge in [-0.25, -0.2) is 0 Å². The predicted octanol–water partition coefficient (Wildman–Crippen LogP) is 14.2. The van der Waals surface area contributed by atoms with Crippen LogP contribution in [0.2, 0.25) is 0 Å². The van der Waals surface area contributed by atoms with Gasteiger partial charge in [0.05, 0.1) is 0 Å². The molecule has 50 heavy (non-hydrogen) atoms. The van der Waals surface area contributed by atoms with Crippen LogP contribution in [0.1, 0.15) is 0 Å². The molecule has 0 aliphatic rings. The molecular weight excluding hydrogens is 623 g/mol. The van der Waals surface area contributed by atoms with Gasteiger partial charge in [-0.1, -0.05) is 152 Å². The Kier molecular flexibility index (Phi) is 7.77. The van der Waals surface area contributed by atoms with Gasteiger partial charge in [0.1, 0.15) is 0 Å². The fraction of sp³-hybridized carbons (Fsp3) is 0. The molecule has 1 nitrogen and oxygen atoms in total. The minimum atomic E-state index is 1.11. The maximum atomic E-state index is 2.34. The second kappa shape index (κ2) is 13.0. The van der Waals surface area contributed by atoms with E-state index >= 15 is 0 Å². The van der Waals surface area contributed by atoms with Crippen LogP contribution >= 0.6 is 11.3 Å². The number of nitrogens with zero attached hydrogens (tertiary/aromatic N) is 1. The van der Waals surface area contributed by atoms with Gasteiger partial charge < -0.3 is 4.90 Å². The van der Waals surface area contributed by atoms with Crippen LogP contribution in [0, 0.1) is 0 Å². The predicted molar refractivity (Wildman–Crippen MR) is 216 cm³/mol. The Balaban J connectivity index is 1.04. The Morgan fingerprint density at radius 2 is 0.660 bits per heavy atom. The Morgan fingerprint density at radius 3 is 1.16 bits per heavy atom. The van der Waals surface area contributed by atoms with Crippen LogP contribution in [-0.4, -0.2) is 0 Å². The normalized spacial score (nSPS) is 11.2. The highest BCUT2D eigenvalue weighted by Crippen LogP contribution is 2.41. The number of thiophene rings is 1. The largest absolute Gasteiger partial charge is 0.311 e. The van der Waals surface area contributed by atoms with Crippen LogP contribution in [-0.2, 0) is 0 Å². The third-order valence-electron chi connectivity index (χ3n) is 9.52. The highest BCUT2D eigenvalue weighted by atomic mass is 32.1. The maximum Gasteiger partial charge on any atom is 0.0462 e. The van der Waals surface area contributed by atoms with Gasteiger partial charge in [-0.3, -0.25) is 0 Å². The summed E-state index contributed by atoms with van der Waals surface area (Å²) >= 11 is 1.87. The van der Waals surface area contributed by atoms with E-state index in [9.17, 15) is 0 Å². The lowest BCUT2D eigenvalue weighted by Gasteiger charge is -2.26. The van der Waals surface area contributed by atoms with Gasteiger partial charge in [0.15, 0.2) is 0 Å². The Morgan fingerprint density at radius 1 is 0.280 bits per heavy atom. The maximum absolute atomic E-state index is 2.34. The van der Waals surface area contributed by atoms with Gasteiger partial charge in [-0.05, 0) is 93.0 Å². The lowest BCUT2D eigenvalue weighted by Crippen LogP contribution is -2.09. The SMILES string of the molecule is c1ccc(-c2ccc(N(c3ccc(-c4ccccc4)cc3)c3ccc(-c4ccc(-c5cccc6sc7ccccc7c56)cc4)cc3)cc2)cc1. The van der Waals surface area contributed by atoms with E-state index in [0.29, 0.717) is 0 Å². The van der Waals surface area contributed by atoms with Crippen molar-refractivity contribution in [1.82, 2.24) is 0 Å². The topological polar surface area (TPSA) is 3.24 Å². The first-order valence-corrected chi connectivity index (χ1v) is 17.8. The van der Waals surface area contributed by atoms with Crippen molar-refractivity contribution in [3.63, 3.8) is 0 Å². The second-order valence-electron chi connectivity index (χ2n) is 12.6. The molecule has 1 heterocycles. The van der Waals surface area contributed by atoms with E-state index in [2.05, 4.69) is 205 Å². The number of hydrogen-bond acceptors (Lipinski definition) is 2. The van der Waals surface area contributed by atoms with E-state index in [4.69, 9.17) is 0 Å². The number of fused-ring (bicyclic) bond motifs is 3. The quantitative estimate of drug-likeness (QED) is 0.165. The summed E-state index contributed by atoms with van der Waals surface area (Å²) in [6, 6.07) is 72.2. The van der Waals surface area contributed by atoms with Crippen LogP contribution in [0.3, 0.4) is 0 Å². The Hall–Kier alpha value is -6.22. The van der Waals surface area contributed by atoms with Crippen molar-refractivity contribution in [1.29, 1.82) is 0 Å². The Bertz CT molecular complexity index is 2450. The van der Waals surface area contributed by atoms with Crippen molar-refractivity contribution in [2.45, 2.75) is 0 Å². The summed E-state index contributed by atoms with van der Waals surface area (Å²) in [4.78, 5) is 2.34. The van der Waals surface area contributed by atoms with E-state index in [0.717, 1.165) is 17.1 Å². The van der Waals surface area contributed by atoms with Crippen LogP contribution in [0.15, 0.2) is 200 Å². The third-order valence-corrected chi connectivity index (χ3v) is 10.7. The number of rotatable bonds is 7. The van der Waals surface area contributed by atoms with Crippen LogP contribution in [0.5, 0.6) is 0 Å². The van der Waals surface area contributed by atoms with E-state index in [1.807, 2.05) is 11.3 Å². The molecular formula is C48H33NS. The van der Waals surface area contributed by atoms with Gasteiger partial charge in [0, 0.05) is 37.2 Å². The number of anilines is 3. The van der Waals surface area contributed by atoms with E-state index in [1.54, 1.807) is 0 Å². The first kappa shape index (κ1) is 29.9. The molecule has 0 N–H and O–H groups in total. The van der Waals surface area contributed by atoms with Crippen LogP contribution in [0.4, 0.5) is 17.1 Å². The molecule has 9 aromatic rings. The standard InChI is InChI=1S/C48H33NS/c1-3-10-34(11-4-1)37-22-28-41(29-23-37)49(42-30-24-38(25-31-42)35-12-5-2-6-13-35)43-32-26-39(27-33-43)36-18-20-40(21-19-36)44-15-9-17-47-48(44)45-14-7-8-16-46(45)50-47/h1-33H. The molecule has 0 atom stereocenters.